The van der Waals surface area contributed by atoms with Crippen molar-refractivity contribution >= 4 is 27.4 Å². The third-order valence-electron chi connectivity index (χ3n) is 2.42. The number of benzene rings is 1. The Hall–Kier alpha value is -2.07. The number of nitriles is 1. The molecule has 18 heavy (non-hydrogen) atoms. The Balaban J connectivity index is 2.19. The van der Waals surface area contributed by atoms with Crippen molar-refractivity contribution in [3.63, 3.8) is 0 Å². The molecule has 0 aliphatic carbocycles. The zero-order valence-electron chi connectivity index (χ0n) is 9.17. The van der Waals surface area contributed by atoms with Crippen LogP contribution in [0.4, 0.5) is 15.9 Å². The van der Waals surface area contributed by atoms with Crippen molar-refractivity contribution in [2.24, 2.45) is 0 Å². The van der Waals surface area contributed by atoms with E-state index in [1.165, 1.54) is 12.1 Å². The van der Waals surface area contributed by atoms with Gasteiger partial charge >= 0.3 is 0 Å². The fourth-order valence-corrected chi connectivity index (χ4v) is 1.86. The third-order valence-corrected chi connectivity index (χ3v) is 3.20. The Bertz CT molecular complexity index is 616. The molecular formula is C11H9BrFN5. The van der Waals surface area contributed by atoms with Gasteiger partial charge in [-0.3, -0.25) is 5.10 Å². The number of nitrogen functional groups attached to an aromatic ring is 1. The highest BCUT2D eigenvalue weighted by molar-refractivity contribution is 9.10. The summed E-state index contributed by atoms with van der Waals surface area (Å²) in [5.74, 6) is -0.0632. The number of aromatic nitrogens is 2. The lowest BCUT2D eigenvalue weighted by molar-refractivity contribution is 0.623. The molecule has 0 saturated heterocycles. The van der Waals surface area contributed by atoms with Crippen LogP contribution in [0.5, 0.6) is 0 Å². The molecule has 2 rings (SSSR count). The molecule has 1 aromatic carbocycles. The van der Waals surface area contributed by atoms with Crippen LogP contribution in [0.2, 0.25) is 0 Å². The largest absolute Gasteiger partial charge is 0.384 e. The molecule has 0 bridgehead atoms. The number of aromatic amines is 1. The molecule has 5 nitrogen and oxygen atoms in total. The van der Waals surface area contributed by atoms with Gasteiger partial charge in [0.1, 0.15) is 11.9 Å². The second kappa shape index (κ2) is 5.06. The Morgan fingerprint density at radius 2 is 2.33 bits per heavy atom. The number of nitrogens with one attached hydrogen (secondary N) is 2. The van der Waals surface area contributed by atoms with Crippen molar-refractivity contribution in [3.8, 4) is 6.07 Å². The van der Waals surface area contributed by atoms with Crippen molar-refractivity contribution in [2.45, 2.75) is 6.54 Å². The summed E-state index contributed by atoms with van der Waals surface area (Å²) >= 11 is 3.04. The number of nitrogens with zero attached hydrogens (tertiary/aromatic N) is 2. The number of hydrogen-bond donors (Lipinski definition) is 3. The minimum Gasteiger partial charge on any atom is -0.384 e. The zero-order valence-corrected chi connectivity index (χ0v) is 10.8. The van der Waals surface area contributed by atoms with Crippen molar-refractivity contribution in [3.05, 3.63) is 39.7 Å². The van der Waals surface area contributed by atoms with Gasteiger partial charge in [0.05, 0.1) is 21.9 Å². The van der Waals surface area contributed by atoms with Crippen LogP contribution in [0.3, 0.4) is 0 Å². The van der Waals surface area contributed by atoms with Gasteiger partial charge in [0.25, 0.3) is 0 Å². The summed E-state index contributed by atoms with van der Waals surface area (Å²) in [5, 5.41) is 18.0. The number of H-pyrrole nitrogens is 1. The predicted octanol–water partition coefficient (Wildman–Crippen LogP) is 2.38. The normalized spacial score (nSPS) is 10.1. The summed E-state index contributed by atoms with van der Waals surface area (Å²) in [5.41, 5.74) is 6.90. The molecule has 0 spiro atoms. The Labute approximate surface area is 111 Å². The van der Waals surface area contributed by atoms with Gasteiger partial charge in [-0.25, -0.2) is 4.39 Å². The standard InChI is InChI=1S/C11H9BrFN5/c12-9-6(3-14)1-2-8(10(9)13)16-4-7-5-17-18-11(7)15/h1-2,5,16H,4H2,(H3,15,17,18). The SMILES string of the molecule is N#Cc1ccc(NCc2cn[nH]c2N)c(F)c1Br. The highest BCUT2D eigenvalue weighted by Gasteiger charge is 2.11. The van der Waals surface area contributed by atoms with Crippen LogP contribution in [0, 0.1) is 17.1 Å². The van der Waals surface area contributed by atoms with Crippen LogP contribution in [0.1, 0.15) is 11.1 Å². The van der Waals surface area contributed by atoms with Crippen molar-refractivity contribution < 1.29 is 4.39 Å². The molecule has 1 heterocycles. The lowest BCUT2D eigenvalue weighted by Gasteiger charge is -2.08. The van der Waals surface area contributed by atoms with E-state index in [0.717, 1.165) is 5.56 Å². The maximum Gasteiger partial charge on any atom is 0.161 e. The first kappa shape index (κ1) is 12.4. The summed E-state index contributed by atoms with van der Waals surface area (Å²) in [6.07, 6.45) is 1.57. The zero-order chi connectivity index (χ0) is 13.1. The van der Waals surface area contributed by atoms with Gasteiger partial charge in [0.15, 0.2) is 5.82 Å². The van der Waals surface area contributed by atoms with E-state index >= 15 is 0 Å². The summed E-state index contributed by atoms with van der Waals surface area (Å²) in [7, 11) is 0. The summed E-state index contributed by atoms with van der Waals surface area (Å²) < 4.78 is 14.0. The molecule has 1 aromatic heterocycles. The summed E-state index contributed by atoms with van der Waals surface area (Å²) in [6.45, 7) is 0.345. The molecule has 0 aliphatic rings. The first-order chi connectivity index (χ1) is 8.63. The maximum atomic E-state index is 13.9. The molecule has 0 fully saturated rings. The highest BCUT2D eigenvalue weighted by Crippen LogP contribution is 2.27. The Morgan fingerprint density at radius 3 is 2.94 bits per heavy atom. The van der Waals surface area contributed by atoms with Gasteiger partial charge in [0, 0.05) is 12.1 Å². The van der Waals surface area contributed by atoms with E-state index in [1.807, 2.05) is 6.07 Å². The second-order valence-electron chi connectivity index (χ2n) is 3.56. The maximum absolute atomic E-state index is 13.9. The van der Waals surface area contributed by atoms with E-state index in [-0.39, 0.29) is 10.0 Å². The number of anilines is 2. The van der Waals surface area contributed by atoms with Crippen LogP contribution >= 0.6 is 15.9 Å². The first-order valence-electron chi connectivity index (χ1n) is 5.03. The van der Waals surface area contributed by atoms with E-state index in [1.54, 1.807) is 6.20 Å². The quantitative estimate of drug-likeness (QED) is 0.812. The van der Waals surface area contributed by atoms with Crippen LogP contribution in [-0.4, -0.2) is 10.2 Å². The average Bonchev–Trinajstić information content (AvgIpc) is 2.77. The van der Waals surface area contributed by atoms with Crippen molar-refractivity contribution in [2.75, 3.05) is 11.1 Å². The van der Waals surface area contributed by atoms with Crippen LogP contribution in [0.15, 0.2) is 22.8 Å². The minimum absolute atomic E-state index is 0.148. The smallest absolute Gasteiger partial charge is 0.161 e. The summed E-state index contributed by atoms with van der Waals surface area (Å²) in [4.78, 5) is 0. The van der Waals surface area contributed by atoms with E-state index in [2.05, 4.69) is 31.4 Å². The van der Waals surface area contributed by atoms with Gasteiger partial charge in [-0.05, 0) is 28.1 Å². The lowest BCUT2D eigenvalue weighted by Crippen LogP contribution is -2.03. The lowest BCUT2D eigenvalue weighted by atomic mass is 10.2. The van der Waals surface area contributed by atoms with E-state index in [9.17, 15) is 4.39 Å². The third kappa shape index (κ3) is 2.28. The predicted molar refractivity (Wildman–Crippen MR) is 69.1 cm³/mol. The van der Waals surface area contributed by atoms with Gasteiger partial charge < -0.3 is 11.1 Å². The fourth-order valence-electron chi connectivity index (χ4n) is 1.42. The van der Waals surface area contributed by atoms with Gasteiger partial charge in [-0.1, -0.05) is 0 Å². The highest BCUT2D eigenvalue weighted by atomic mass is 79.9. The monoisotopic (exact) mass is 309 g/mol. The number of rotatable bonds is 3. The van der Waals surface area contributed by atoms with Gasteiger partial charge in [-0.15, -0.1) is 0 Å². The average molecular weight is 310 g/mol. The molecule has 7 heteroatoms. The topological polar surface area (TPSA) is 90.5 Å². The molecule has 0 radical (unpaired) electrons. The molecular weight excluding hydrogens is 301 g/mol. The molecule has 0 aliphatic heterocycles. The van der Waals surface area contributed by atoms with Crippen molar-refractivity contribution in [1.29, 1.82) is 5.26 Å². The Kier molecular flexibility index (Phi) is 3.48. The Morgan fingerprint density at radius 1 is 1.56 bits per heavy atom. The number of hydrogen-bond acceptors (Lipinski definition) is 4. The van der Waals surface area contributed by atoms with Crippen LogP contribution < -0.4 is 11.1 Å². The number of nitrogens with two attached hydrogens (primary N) is 1. The fraction of sp³-hybridized carbons (Fsp3) is 0.0909. The van der Waals surface area contributed by atoms with E-state index in [0.29, 0.717) is 18.1 Å². The molecule has 4 N–H and O–H groups in total. The molecule has 0 atom stereocenters. The number of halogens is 2. The van der Waals surface area contributed by atoms with Crippen molar-refractivity contribution in [1.82, 2.24) is 10.2 Å². The van der Waals surface area contributed by atoms with Crippen LogP contribution in [-0.2, 0) is 6.54 Å². The molecule has 92 valence electrons. The van der Waals surface area contributed by atoms with Crippen LogP contribution in [0.25, 0.3) is 0 Å². The molecule has 0 unspecified atom stereocenters. The minimum atomic E-state index is -0.504. The summed E-state index contributed by atoms with van der Waals surface area (Å²) in [6, 6.07) is 4.94. The first-order valence-corrected chi connectivity index (χ1v) is 5.82. The van der Waals surface area contributed by atoms with Gasteiger partial charge in [-0.2, -0.15) is 10.4 Å². The molecule has 0 saturated carbocycles. The van der Waals surface area contributed by atoms with E-state index < -0.39 is 5.82 Å². The van der Waals surface area contributed by atoms with Gasteiger partial charge in [0.2, 0.25) is 0 Å². The molecule has 2 aromatic rings. The second-order valence-corrected chi connectivity index (χ2v) is 4.36. The molecule has 0 amide bonds. The van der Waals surface area contributed by atoms with E-state index in [4.69, 9.17) is 11.0 Å².